The molecule has 1 fully saturated rings. The van der Waals surface area contributed by atoms with E-state index in [-0.39, 0.29) is 36.6 Å². The first-order chi connectivity index (χ1) is 8.61. The highest BCUT2D eigenvalue weighted by atomic mass is 35.5. The van der Waals surface area contributed by atoms with Crippen molar-refractivity contribution in [3.63, 3.8) is 0 Å². The summed E-state index contributed by atoms with van der Waals surface area (Å²) in [6.07, 6.45) is 3.12. The molecule has 20 heavy (non-hydrogen) atoms. The number of pyridine rings is 1. The molecular weight excluding hydrogens is 297 g/mol. The third-order valence-corrected chi connectivity index (χ3v) is 3.78. The first-order valence-corrected chi connectivity index (χ1v) is 6.57. The predicted octanol–water partition coefficient (Wildman–Crippen LogP) is 2.86. The summed E-state index contributed by atoms with van der Waals surface area (Å²) in [6.45, 7) is 4.46. The minimum atomic E-state index is 0. The Hall–Kier alpha value is -0.840. The van der Waals surface area contributed by atoms with Crippen LogP contribution >= 0.6 is 24.8 Å². The number of anilines is 1. The highest BCUT2D eigenvalue weighted by Gasteiger charge is 2.32. The molecule has 0 radical (unpaired) electrons. The summed E-state index contributed by atoms with van der Waals surface area (Å²) in [7, 11) is 0. The maximum atomic E-state index is 12.2. The van der Waals surface area contributed by atoms with E-state index in [1.54, 1.807) is 0 Å². The number of carbonyl (C=O) groups is 1. The van der Waals surface area contributed by atoms with Gasteiger partial charge in [-0.2, -0.15) is 0 Å². The number of hydrogen-bond acceptors (Lipinski definition) is 3. The lowest BCUT2D eigenvalue weighted by molar-refractivity contribution is -0.120. The van der Waals surface area contributed by atoms with Crippen LogP contribution in [-0.4, -0.2) is 17.4 Å². The topological polar surface area (TPSA) is 68.0 Å². The highest BCUT2D eigenvalue weighted by molar-refractivity contribution is 5.93. The molecule has 2 atom stereocenters. The molecule has 1 aliphatic carbocycles. The van der Waals surface area contributed by atoms with Crippen LogP contribution < -0.4 is 11.1 Å². The summed E-state index contributed by atoms with van der Waals surface area (Å²) in [5.41, 5.74) is 8.36. The van der Waals surface area contributed by atoms with Gasteiger partial charge in [-0.15, -0.1) is 24.8 Å². The molecule has 0 spiro atoms. The van der Waals surface area contributed by atoms with Crippen molar-refractivity contribution in [3.8, 4) is 0 Å². The molecule has 0 unspecified atom stereocenters. The second kappa shape index (κ2) is 8.45. The largest absolute Gasteiger partial charge is 0.330 e. The number of rotatable bonds is 3. The van der Waals surface area contributed by atoms with Crippen LogP contribution in [0.25, 0.3) is 0 Å². The molecule has 0 aromatic carbocycles. The number of carbonyl (C=O) groups excluding carboxylic acids is 1. The summed E-state index contributed by atoms with van der Waals surface area (Å²) in [5, 5.41) is 2.99. The molecule has 1 amide bonds. The second-order valence-corrected chi connectivity index (χ2v) is 5.11. The summed E-state index contributed by atoms with van der Waals surface area (Å²) >= 11 is 0. The molecule has 1 heterocycles. The Morgan fingerprint density at radius 2 is 2.05 bits per heavy atom. The maximum absolute atomic E-state index is 12.2. The minimum Gasteiger partial charge on any atom is -0.330 e. The van der Waals surface area contributed by atoms with Crippen molar-refractivity contribution in [2.24, 2.45) is 17.6 Å². The van der Waals surface area contributed by atoms with E-state index in [2.05, 4.69) is 10.3 Å². The van der Waals surface area contributed by atoms with Crippen molar-refractivity contribution in [1.29, 1.82) is 0 Å². The summed E-state index contributed by atoms with van der Waals surface area (Å²) in [4.78, 5) is 16.6. The fraction of sp³-hybridized carbons (Fsp3) is 0.571. The zero-order chi connectivity index (χ0) is 13.1. The van der Waals surface area contributed by atoms with Crippen molar-refractivity contribution in [2.45, 2.75) is 33.1 Å². The number of aromatic nitrogens is 1. The van der Waals surface area contributed by atoms with E-state index < -0.39 is 0 Å². The number of amides is 1. The van der Waals surface area contributed by atoms with Crippen molar-refractivity contribution >= 4 is 36.4 Å². The van der Waals surface area contributed by atoms with E-state index in [1.165, 1.54) is 0 Å². The molecule has 1 saturated carbocycles. The minimum absolute atomic E-state index is 0. The van der Waals surface area contributed by atoms with Gasteiger partial charge in [-0.3, -0.25) is 9.78 Å². The average Bonchev–Trinajstić information content (AvgIpc) is 2.81. The second-order valence-electron chi connectivity index (χ2n) is 5.11. The van der Waals surface area contributed by atoms with Crippen LogP contribution in [-0.2, 0) is 4.79 Å². The molecule has 2 rings (SSSR count). The fourth-order valence-corrected chi connectivity index (χ4v) is 2.71. The number of halogens is 2. The Morgan fingerprint density at radius 3 is 2.65 bits per heavy atom. The van der Waals surface area contributed by atoms with E-state index in [0.717, 1.165) is 36.3 Å². The number of hydrogen-bond donors (Lipinski definition) is 2. The van der Waals surface area contributed by atoms with E-state index in [1.807, 2.05) is 26.0 Å². The van der Waals surface area contributed by atoms with Crippen molar-refractivity contribution in [2.75, 3.05) is 11.9 Å². The number of nitrogens with zero attached hydrogens (tertiary/aromatic N) is 1. The van der Waals surface area contributed by atoms with Crippen molar-refractivity contribution in [1.82, 2.24) is 4.98 Å². The Labute approximate surface area is 132 Å². The molecule has 4 nitrogen and oxygen atoms in total. The van der Waals surface area contributed by atoms with Crippen LogP contribution in [0.5, 0.6) is 0 Å². The Bertz CT molecular complexity index is 454. The van der Waals surface area contributed by atoms with Gasteiger partial charge in [0.2, 0.25) is 5.91 Å². The van der Waals surface area contributed by atoms with Gasteiger partial charge in [0.25, 0.3) is 0 Å². The average molecular weight is 320 g/mol. The van der Waals surface area contributed by atoms with Crippen LogP contribution in [0.3, 0.4) is 0 Å². The van der Waals surface area contributed by atoms with Crippen molar-refractivity contribution in [3.05, 3.63) is 23.5 Å². The van der Waals surface area contributed by atoms with Gasteiger partial charge in [0.05, 0.1) is 11.4 Å². The SMILES string of the molecule is Cc1ccc(NC(=O)[C@@H]2CCC[C@@H]2CN)c(C)n1.Cl.Cl. The third kappa shape index (κ3) is 4.33. The zero-order valence-electron chi connectivity index (χ0n) is 11.9. The van der Waals surface area contributed by atoms with Gasteiger partial charge >= 0.3 is 0 Å². The van der Waals surface area contributed by atoms with E-state index >= 15 is 0 Å². The normalized spacial score (nSPS) is 20.8. The number of nitrogens with one attached hydrogen (secondary N) is 1. The lowest BCUT2D eigenvalue weighted by Crippen LogP contribution is -2.30. The molecule has 1 aromatic rings. The van der Waals surface area contributed by atoms with Gasteiger partial charge in [-0.1, -0.05) is 6.42 Å². The molecule has 1 aromatic heterocycles. The lowest BCUT2D eigenvalue weighted by atomic mass is 9.95. The molecule has 3 N–H and O–H groups in total. The first kappa shape index (κ1) is 19.2. The Balaban J connectivity index is 0.00000180. The van der Waals surface area contributed by atoms with Crippen LogP contribution in [0.2, 0.25) is 0 Å². The molecule has 0 saturated heterocycles. The van der Waals surface area contributed by atoms with Crippen molar-refractivity contribution < 1.29 is 4.79 Å². The third-order valence-electron chi connectivity index (χ3n) is 3.78. The van der Waals surface area contributed by atoms with Gasteiger partial charge in [0, 0.05) is 11.6 Å². The quantitative estimate of drug-likeness (QED) is 0.900. The molecule has 6 heteroatoms. The number of nitrogens with two attached hydrogens (primary N) is 1. The number of aryl methyl sites for hydroxylation is 2. The van der Waals surface area contributed by atoms with Gasteiger partial charge in [-0.05, 0) is 51.3 Å². The lowest BCUT2D eigenvalue weighted by Gasteiger charge is -2.18. The monoisotopic (exact) mass is 319 g/mol. The molecule has 114 valence electrons. The fourth-order valence-electron chi connectivity index (χ4n) is 2.71. The van der Waals surface area contributed by atoms with Gasteiger partial charge in [-0.25, -0.2) is 0 Å². The van der Waals surface area contributed by atoms with Crippen LogP contribution in [0, 0.1) is 25.7 Å². The maximum Gasteiger partial charge on any atom is 0.227 e. The molecule has 1 aliphatic rings. The van der Waals surface area contributed by atoms with Crippen LogP contribution in [0.4, 0.5) is 5.69 Å². The van der Waals surface area contributed by atoms with E-state index in [9.17, 15) is 4.79 Å². The standard InChI is InChI=1S/C14H21N3O.2ClH/c1-9-6-7-13(10(2)16-9)17-14(18)12-5-3-4-11(12)8-15;;/h6-7,11-12H,3-5,8,15H2,1-2H3,(H,17,18);2*1H/t11-,12-;;/m1../s1. The van der Waals surface area contributed by atoms with Gasteiger partial charge in [0.15, 0.2) is 0 Å². The Kier molecular flexibility index (Phi) is 8.09. The zero-order valence-corrected chi connectivity index (χ0v) is 13.5. The summed E-state index contributed by atoms with van der Waals surface area (Å²) < 4.78 is 0. The van der Waals surface area contributed by atoms with E-state index in [0.29, 0.717) is 12.5 Å². The van der Waals surface area contributed by atoms with Crippen LogP contribution in [0.15, 0.2) is 12.1 Å². The van der Waals surface area contributed by atoms with Gasteiger partial charge < -0.3 is 11.1 Å². The first-order valence-electron chi connectivity index (χ1n) is 6.57. The van der Waals surface area contributed by atoms with Gasteiger partial charge in [0.1, 0.15) is 0 Å². The smallest absolute Gasteiger partial charge is 0.227 e. The Morgan fingerprint density at radius 1 is 1.35 bits per heavy atom. The predicted molar refractivity (Wildman–Crippen MR) is 86.7 cm³/mol. The van der Waals surface area contributed by atoms with E-state index in [4.69, 9.17) is 5.73 Å². The molecule has 0 aliphatic heterocycles. The van der Waals surface area contributed by atoms with Crippen LogP contribution in [0.1, 0.15) is 30.7 Å². The molecular formula is C14H23Cl2N3O. The summed E-state index contributed by atoms with van der Waals surface area (Å²) in [5.74, 6) is 0.496. The summed E-state index contributed by atoms with van der Waals surface area (Å²) in [6, 6.07) is 3.83. The molecule has 0 bridgehead atoms. The highest BCUT2D eigenvalue weighted by Crippen LogP contribution is 2.32.